The van der Waals surface area contributed by atoms with E-state index in [0.29, 0.717) is 5.92 Å². The molecule has 1 heterocycles. The Kier molecular flexibility index (Phi) is 4.59. The minimum Gasteiger partial charge on any atom is -0.326 e. The standard InChI is InChI=1S/C16H24N2O/c1-4-15-17-14(10-13-8-6-5-7-9-13)16(19)18(15)11-12(2)3/h5-9,12,14-15,17H,4,10-11H2,1-3H3. The van der Waals surface area contributed by atoms with Crippen LogP contribution in [0.2, 0.25) is 0 Å². The van der Waals surface area contributed by atoms with E-state index < -0.39 is 0 Å². The summed E-state index contributed by atoms with van der Waals surface area (Å²) in [5, 5.41) is 3.47. The van der Waals surface area contributed by atoms with E-state index in [-0.39, 0.29) is 18.1 Å². The summed E-state index contributed by atoms with van der Waals surface area (Å²) < 4.78 is 0. The third-order valence-electron chi connectivity index (χ3n) is 3.58. The first kappa shape index (κ1) is 14.1. The van der Waals surface area contributed by atoms with Gasteiger partial charge < -0.3 is 4.90 Å². The van der Waals surface area contributed by atoms with Gasteiger partial charge in [0.2, 0.25) is 5.91 Å². The van der Waals surface area contributed by atoms with E-state index in [0.717, 1.165) is 19.4 Å². The van der Waals surface area contributed by atoms with Crippen LogP contribution in [0.1, 0.15) is 32.8 Å². The first-order valence-electron chi connectivity index (χ1n) is 7.22. The van der Waals surface area contributed by atoms with E-state index in [4.69, 9.17) is 0 Å². The minimum atomic E-state index is -0.0638. The minimum absolute atomic E-state index is 0.0638. The van der Waals surface area contributed by atoms with Crippen molar-refractivity contribution in [2.45, 2.75) is 45.8 Å². The monoisotopic (exact) mass is 260 g/mol. The first-order valence-corrected chi connectivity index (χ1v) is 7.22. The van der Waals surface area contributed by atoms with Gasteiger partial charge in [-0.2, -0.15) is 0 Å². The van der Waals surface area contributed by atoms with Crippen LogP contribution in [0.25, 0.3) is 0 Å². The number of hydrogen-bond acceptors (Lipinski definition) is 2. The van der Waals surface area contributed by atoms with Crippen molar-refractivity contribution >= 4 is 5.91 Å². The second-order valence-corrected chi connectivity index (χ2v) is 5.72. The molecule has 1 fully saturated rings. The van der Waals surface area contributed by atoms with Gasteiger partial charge in [-0.15, -0.1) is 0 Å². The summed E-state index contributed by atoms with van der Waals surface area (Å²) in [4.78, 5) is 14.5. The van der Waals surface area contributed by atoms with Crippen molar-refractivity contribution in [1.82, 2.24) is 10.2 Å². The van der Waals surface area contributed by atoms with Crippen LogP contribution in [-0.2, 0) is 11.2 Å². The molecule has 2 unspecified atom stereocenters. The summed E-state index contributed by atoms with van der Waals surface area (Å²) in [6, 6.07) is 10.2. The van der Waals surface area contributed by atoms with E-state index >= 15 is 0 Å². The number of carbonyl (C=O) groups is 1. The number of rotatable bonds is 5. The van der Waals surface area contributed by atoms with Crippen LogP contribution >= 0.6 is 0 Å². The summed E-state index contributed by atoms with van der Waals surface area (Å²) in [5.41, 5.74) is 1.22. The van der Waals surface area contributed by atoms with Crippen molar-refractivity contribution in [3.8, 4) is 0 Å². The highest BCUT2D eigenvalue weighted by atomic mass is 16.2. The largest absolute Gasteiger partial charge is 0.326 e. The fourth-order valence-corrected chi connectivity index (χ4v) is 2.69. The van der Waals surface area contributed by atoms with Crippen LogP contribution in [0.4, 0.5) is 0 Å². The Morgan fingerprint density at radius 1 is 1.26 bits per heavy atom. The maximum absolute atomic E-state index is 12.5. The summed E-state index contributed by atoms with van der Waals surface area (Å²) >= 11 is 0. The molecule has 104 valence electrons. The van der Waals surface area contributed by atoms with E-state index in [1.165, 1.54) is 5.56 Å². The summed E-state index contributed by atoms with van der Waals surface area (Å²) in [6.45, 7) is 7.29. The molecule has 3 heteroatoms. The van der Waals surface area contributed by atoms with E-state index in [1.807, 2.05) is 23.1 Å². The molecule has 2 rings (SSSR count). The summed E-state index contributed by atoms with van der Waals surface area (Å²) in [5.74, 6) is 0.764. The lowest BCUT2D eigenvalue weighted by Gasteiger charge is -2.24. The van der Waals surface area contributed by atoms with Gasteiger partial charge in [0, 0.05) is 6.54 Å². The van der Waals surface area contributed by atoms with Crippen molar-refractivity contribution in [3.63, 3.8) is 0 Å². The highest BCUT2D eigenvalue weighted by Gasteiger charge is 2.37. The molecule has 0 saturated carbocycles. The zero-order chi connectivity index (χ0) is 13.8. The van der Waals surface area contributed by atoms with Gasteiger partial charge >= 0.3 is 0 Å². The Hall–Kier alpha value is -1.35. The van der Waals surface area contributed by atoms with E-state index in [2.05, 4.69) is 38.2 Å². The molecule has 1 aliphatic rings. The zero-order valence-corrected chi connectivity index (χ0v) is 12.1. The SMILES string of the molecule is CCC1NC(Cc2ccccc2)C(=O)N1CC(C)C. The molecular formula is C16H24N2O. The lowest BCUT2D eigenvalue weighted by Crippen LogP contribution is -2.39. The number of carbonyl (C=O) groups excluding carboxylic acids is 1. The maximum atomic E-state index is 12.5. The molecule has 1 aliphatic heterocycles. The molecule has 1 amide bonds. The quantitative estimate of drug-likeness (QED) is 0.882. The van der Waals surface area contributed by atoms with Gasteiger partial charge in [-0.1, -0.05) is 51.1 Å². The van der Waals surface area contributed by atoms with Gasteiger partial charge in [0.15, 0.2) is 0 Å². The Bertz CT molecular complexity index is 416. The number of nitrogens with zero attached hydrogens (tertiary/aromatic N) is 1. The topological polar surface area (TPSA) is 32.3 Å². The molecular weight excluding hydrogens is 236 g/mol. The molecule has 1 aromatic rings. The second kappa shape index (κ2) is 6.20. The Morgan fingerprint density at radius 3 is 2.53 bits per heavy atom. The van der Waals surface area contributed by atoms with Crippen LogP contribution in [0.3, 0.4) is 0 Å². The number of amides is 1. The van der Waals surface area contributed by atoms with Crippen LogP contribution in [0.5, 0.6) is 0 Å². The molecule has 0 aliphatic carbocycles. The molecule has 19 heavy (non-hydrogen) atoms. The van der Waals surface area contributed by atoms with Gasteiger partial charge in [0.05, 0.1) is 12.2 Å². The van der Waals surface area contributed by atoms with E-state index in [9.17, 15) is 4.79 Å². The average molecular weight is 260 g/mol. The number of hydrogen-bond donors (Lipinski definition) is 1. The molecule has 3 nitrogen and oxygen atoms in total. The van der Waals surface area contributed by atoms with Crippen molar-refractivity contribution in [1.29, 1.82) is 0 Å². The normalized spacial score (nSPS) is 23.4. The maximum Gasteiger partial charge on any atom is 0.241 e. The van der Waals surface area contributed by atoms with E-state index in [1.54, 1.807) is 0 Å². The highest BCUT2D eigenvalue weighted by molar-refractivity contribution is 5.84. The smallest absolute Gasteiger partial charge is 0.241 e. The molecule has 0 spiro atoms. The highest BCUT2D eigenvalue weighted by Crippen LogP contribution is 2.18. The van der Waals surface area contributed by atoms with Gasteiger partial charge in [0.25, 0.3) is 0 Å². The number of nitrogens with one attached hydrogen (secondary N) is 1. The Labute approximate surface area is 116 Å². The van der Waals surface area contributed by atoms with Crippen molar-refractivity contribution in [2.24, 2.45) is 5.92 Å². The van der Waals surface area contributed by atoms with Gasteiger partial charge in [-0.25, -0.2) is 0 Å². The van der Waals surface area contributed by atoms with Crippen LogP contribution in [0.15, 0.2) is 30.3 Å². The molecule has 1 N–H and O–H groups in total. The van der Waals surface area contributed by atoms with Gasteiger partial charge in [0.1, 0.15) is 0 Å². The zero-order valence-electron chi connectivity index (χ0n) is 12.1. The predicted molar refractivity (Wildman–Crippen MR) is 77.7 cm³/mol. The van der Waals surface area contributed by atoms with Crippen molar-refractivity contribution in [2.75, 3.05) is 6.54 Å². The Morgan fingerprint density at radius 2 is 1.95 bits per heavy atom. The van der Waals surface area contributed by atoms with Gasteiger partial charge in [-0.05, 0) is 24.3 Å². The molecule has 0 bridgehead atoms. The van der Waals surface area contributed by atoms with Gasteiger partial charge in [-0.3, -0.25) is 10.1 Å². The fourth-order valence-electron chi connectivity index (χ4n) is 2.69. The number of benzene rings is 1. The average Bonchev–Trinajstić information content (AvgIpc) is 2.68. The molecule has 0 aromatic heterocycles. The summed E-state index contributed by atoms with van der Waals surface area (Å²) in [6.07, 6.45) is 1.94. The second-order valence-electron chi connectivity index (χ2n) is 5.72. The lowest BCUT2D eigenvalue weighted by molar-refractivity contribution is -0.130. The lowest BCUT2D eigenvalue weighted by atomic mass is 10.1. The molecule has 1 aromatic carbocycles. The summed E-state index contributed by atoms with van der Waals surface area (Å²) in [7, 11) is 0. The van der Waals surface area contributed by atoms with Crippen molar-refractivity contribution in [3.05, 3.63) is 35.9 Å². The molecule has 0 radical (unpaired) electrons. The van der Waals surface area contributed by atoms with Crippen molar-refractivity contribution < 1.29 is 4.79 Å². The van der Waals surface area contributed by atoms with Crippen LogP contribution < -0.4 is 5.32 Å². The molecule has 1 saturated heterocycles. The fraction of sp³-hybridized carbons (Fsp3) is 0.562. The third-order valence-corrected chi connectivity index (χ3v) is 3.58. The Balaban J connectivity index is 2.05. The molecule has 2 atom stereocenters. The third kappa shape index (κ3) is 3.35. The van der Waals surface area contributed by atoms with Crippen LogP contribution in [0, 0.1) is 5.92 Å². The predicted octanol–water partition coefficient (Wildman–Crippen LogP) is 2.42. The first-order chi connectivity index (χ1) is 9.11. The van der Waals surface area contributed by atoms with Crippen LogP contribution in [-0.4, -0.2) is 29.6 Å².